The molecule has 0 atom stereocenters. The maximum absolute atomic E-state index is 13.1. The second-order valence-electron chi connectivity index (χ2n) is 3.90. The Balaban J connectivity index is 2.10. The van der Waals surface area contributed by atoms with Gasteiger partial charge in [0, 0.05) is 30.7 Å². The summed E-state index contributed by atoms with van der Waals surface area (Å²) in [4.78, 5) is 15.7. The Bertz CT molecular complexity index is 602. The van der Waals surface area contributed by atoms with Crippen LogP contribution >= 0.6 is 0 Å². The molecule has 0 unspecified atom stereocenters. The Morgan fingerprint density at radius 2 is 2.05 bits per heavy atom. The molecule has 4 nitrogen and oxygen atoms in total. The number of benzene rings is 1. The number of hydrogen-bond donors (Lipinski definition) is 2. The Morgan fingerprint density at radius 1 is 1.32 bits per heavy atom. The summed E-state index contributed by atoms with van der Waals surface area (Å²) in [5.74, 6) is -2.76. The number of nitrogens with zero attached hydrogens (tertiary/aromatic N) is 1. The summed E-state index contributed by atoms with van der Waals surface area (Å²) in [6.45, 7) is 0.227. The minimum atomic E-state index is -1.11. The molecule has 0 aliphatic rings. The Labute approximate surface area is 108 Å². The number of nitrogens with two attached hydrogens (primary N) is 1. The first kappa shape index (κ1) is 12.9. The number of hydrogen-bond acceptors (Lipinski definition) is 3. The van der Waals surface area contributed by atoms with E-state index in [-0.39, 0.29) is 17.8 Å². The van der Waals surface area contributed by atoms with Crippen molar-refractivity contribution in [3.05, 3.63) is 59.4 Å². The van der Waals surface area contributed by atoms with Gasteiger partial charge in [-0.05, 0) is 17.7 Å². The summed E-state index contributed by atoms with van der Waals surface area (Å²) in [6.07, 6.45) is 3.20. The number of carbonyl (C=O) groups excluding carboxylic acids is 1. The lowest BCUT2D eigenvalue weighted by molar-refractivity contribution is 0.0951. The van der Waals surface area contributed by atoms with Gasteiger partial charge in [-0.15, -0.1) is 0 Å². The standard InChI is InChI=1S/C13H11F2N3O/c14-10-4-9(12(16)5-11(10)15)13(19)18-7-8-2-1-3-17-6-8/h1-6H,7,16H2,(H,18,19). The van der Waals surface area contributed by atoms with Gasteiger partial charge in [-0.1, -0.05) is 6.07 Å². The molecule has 98 valence electrons. The lowest BCUT2D eigenvalue weighted by atomic mass is 10.1. The van der Waals surface area contributed by atoms with Crippen LogP contribution in [-0.4, -0.2) is 10.9 Å². The van der Waals surface area contributed by atoms with Gasteiger partial charge >= 0.3 is 0 Å². The van der Waals surface area contributed by atoms with Crippen molar-refractivity contribution in [2.24, 2.45) is 0 Å². The summed E-state index contributed by atoms with van der Waals surface area (Å²) >= 11 is 0. The Kier molecular flexibility index (Phi) is 3.70. The first-order chi connectivity index (χ1) is 9.08. The Hall–Kier alpha value is -2.50. The van der Waals surface area contributed by atoms with Gasteiger partial charge in [-0.25, -0.2) is 8.78 Å². The summed E-state index contributed by atoms with van der Waals surface area (Å²) in [6, 6.07) is 5.08. The molecule has 0 aliphatic heterocycles. The highest BCUT2D eigenvalue weighted by Gasteiger charge is 2.14. The second kappa shape index (κ2) is 5.43. The SMILES string of the molecule is Nc1cc(F)c(F)cc1C(=O)NCc1cccnc1. The average Bonchev–Trinajstić information content (AvgIpc) is 2.41. The third kappa shape index (κ3) is 3.04. The van der Waals surface area contributed by atoms with Crippen LogP contribution < -0.4 is 11.1 Å². The molecule has 0 radical (unpaired) electrons. The van der Waals surface area contributed by atoms with E-state index >= 15 is 0 Å². The monoisotopic (exact) mass is 263 g/mol. The summed E-state index contributed by atoms with van der Waals surface area (Å²) in [5.41, 5.74) is 6.07. The molecule has 19 heavy (non-hydrogen) atoms. The fourth-order valence-corrected chi connectivity index (χ4v) is 1.54. The first-order valence-electron chi connectivity index (χ1n) is 5.49. The molecule has 0 spiro atoms. The van der Waals surface area contributed by atoms with Crippen LogP contribution in [0.3, 0.4) is 0 Å². The van der Waals surface area contributed by atoms with Crippen molar-refractivity contribution < 1.29 is 13.6 Å². The molecule has 3 N–H and O–H groups in total. The molecule has 1 amide bonds. The molecular weight excluding hydrogens is 252 g/mol. The number of nitrogen functional groups attached to an aromatic ring is 1. The van der Waals surface area contributed by atoms with Gasteiger partial charge in [0.25, 0.3) is 5.91 Å². The lowest BCUT2D eigenvalue weighted by Gasteiger charge is -2.08. The molecule has 0 saturated heterocycles. The van der Waals surface area contributed by atoms with Crippen LogP contribution in [0.1, 0.15) is 15.9 Å². The van der Waals surface area contributed by atoms with E-state index in [0.29, 0.717) is 0 Å². The zero-order valence-corrected chi connectivity index (χ0v) is 9.86. The minimum Gasteiger partial charge on any atom is -0.398 e. The van der Waals surface area contributed by atoms with Crippen LogP contribution in [0.15, 0.2) is 36.7 Å². The second-order valence-corrected chi connectivity index (χ2v) is 3.90. The average molecular weight is 263 g/mol. The predicted octanol–water partition coefficient (Wildman–Crippen LogP) is 1.87. The van der Waals surface area contributed by atoms with Crippen molar-refractivity contribution >= 4 is 11.6 Å². The molecule has 0 fully saturated rings. The molecule has 1 aromatic heterocycles. The molecule has 0 aliphatic carbocycles. The van der Waals surface area contributed by atoms with Gasteiger partial charge in [-0.2, -0.15) is 0 Å². The largest absolute Gasteiger partial charge is 0.398 e. The topological polar surface area (TPSA) is 68.0 Å². The lowest BCUT2D eigenvalue weighted by Crippen LogP contribution is -2.24. The van der Waals surface area contributed by atoms with Gasteiger partial charge in [0.2, 0.25) is 0 Å². The predicted molar refractivity (Wildman–Crippen MR) is 66.2 cm³/mol. The van der Waals surface area contributed by atoms with E-state index in [1.165, 1.54) is 0 Å². The van der Waals surface area contributed by atoms with Gasteiger partial charge in [0.15, 0.2) is 11.6 Å². The van der Waals surface area contributed by atoms with Crippen molar-refractivity contribution in [1.82, 2.24) is 10.3 Å². The zero-order valence-electron chi connectivity index (χ0n) is 9.86. The maximum Gasteiger partial charge on any atom is 0.253 e. The van der Waals surface area contributed by atoms with Crippen molar-refractivity contribution in [1.29, 1.82) is 0 Å². The Morgan fingerprint density at radius 3 is 2.74 bits per heavy atom. The molecule has 0 bridgehead atoms. The fourth-order valence-electron chi connectivity index (χ4n) is 1.54. The van der Waals surface area contributed by atoms with Crippen LogP contribution in [0.2, 0.25) is 0 Å². The van der Waals surface area contributed by atoms with Gasteiger partial charge < -0.3 is 11.1 Å². The summed E-state index contributed by atoms with van der Waals surface area (Å²) < 4.78 is 25.9. The maximum atomic E-state index is 13.1. The van der Waals surface area contributed by atoms with Crippen molar-refractivity contribution in [3.63, 3.8) is 0 Å². The number of rotatable bonds is 3. The fraction of sp³-hybridized carbons (Fsp3) is 0.0769. The van der Waals surface area contributed by atoms with E-state index in [1.54, 1.807) is 24.5 Å². The number of aromatic nitrogens is 1. The summed E-state index contributed by atoms with van der Waals surface area (Å²) in [5, 5.41) is 2.55. The first-order valence-corrected chi connectivity index (χ1v) is 5.49. The third-order valence-corrected chi connectivity index (χ3v) is 2.51. The van der Waals surface area contributed by atoms with E-state index in [4.69, 9.17) is 5.73 Å². The normalized spacial score (nSPS) is 10.2. The van der Waals surface area contributed by atoms with E-state index in [9.17, 15) is 13.6 Å². The quantitative estimate of drug-likeness (QED) is 0.831. The molecule has 2 rings (SSSR count). The number of pyridine rings is 1. The smallest absolute Gasteiger partial charge is 0.253 e. The molecule has 6 heteroatoms. The van der Waals surface area contributed by atoms with Crippen molar-refractivity contribution in [2.75, 3.05) is 5.73 Å². The highest BCUT2D eigenvalue weighted by atomic mass is 19.2. The summed E-state index contributed by atoms with van der Waals surface area (Å²) in [7, 11) is 0. The van der Waals surface area contributed by atoms with E-state index < -0.39 is 17.5 Å². The van der Waals surface area contributed by atoms with Gasteiger partial charge in [0.05, 0.1) is 5.56 Å². The molecule has 1 aromatic carbocycles. The van der Waals surface area contributed by atoms with Gasteiger partial charge in [0.1, 0.15) is 0 Å². The van der Waals surface area contributed by atoms with Crippen molar-refractivity contribution in [3.8, 4) is 0 Å². The number of carbonyl (C=O) groups is 1. The molecule has 1 heterocycles. The molecule has 2 aromatic rings. The van der Waals surface area contributed by atoms with Crippen LogP contribution in [0.4, 0.5) is 14.5 Å². The highest BCUT2D eigenvalue weighted by molar-refractivity contribution is 5.99. The van der Waals surface area contributed by atoms with Gasteiger partial charge in [-0.3, -0.25) is 9.78 Å². The number of amides is 1. The van der Waals surface area contributed by atoms with E-state index in [0.717, 1.165) is 17.7 Å². The van der Waals surface area contributed by atoms with Crippen LogP contribution in [0, 0.1) is 11.6 Å². The van der Waals surface area contributed by atoms with Crippen LogP contribution in [-0.2, 0) is 6.54 Å². The zero-order chi connectivity index (χ0) is 13.8. The number of anilines is 1. The number of nitrogens with one attached hydrogen (secondary N) is 1. The molecular formula is C13H11F2N3O. The third-order valence-electron chi connectivity index (χ3n) is 2.51. The van der Waals surface area contributed by atoms with Crippen molar-refractivity contribution in [2.45, 2.75) is 6.54 Å². The van der Waals surface area contributed by atoms with Crippen LogP contribution in [0.25, 0.3) is 0 Å². The number of halogens is 2. The van der Waals surface area contributed by atoms with Crippen LogP contribution in [0.5, 0.6) is 0 Å². The van der Waals surface area contributed by atoms with E-state index in [2.05, 4.69) is 10.3 Å². The minimum absolute atomic E-state index is 0.0946. The molecule has 0 saturated carbocycles. The highest BCUT2D eigenvalue weighted by Crippen LogP contribution is 2.17. The van der Waals surface area contributed by atoms with E-state index in [1.807, 2.05) is 0 Å².